The van der Waals surface area contributed by atoms with Gasteiger partial charge in [-0.3, -0.25) is 14.2 Å². The van der Waals surface area contributed by atoms with Crippen molar-refractivity contribution in [3.8, 4) is 0 Å². The second-order valence-corrected chi connectivity index (χ2v) is 4.13. The van der Waals surface area contributed by atoms with E-state index < -0.39 is 0 Å². The predicted octanol–water partition coefficient (Wildman–Crippen LogP) is 2.86. The number of halogens is 1. The Hall–Kier alpha value is -2.13. The van der Waals surface area contributed by atoms with Crippen LogP contribution in [0, 0.1) is 0 Å². The fraction of sp³-hybridized carbons (Fsp3) is 0. The van der Waals surface area contributed by atoms with Gasteiger partial charge in [-0.25, -0.2) is 0 Å². The zero-order chi connectivity index (χ0) is 13.1. The fourth-order valence-corrected chi connectivity index (χ4v) is 1.70. The van der Waals surface area contributed by atoms with E-state index in [9.17, 15) is 9.59 Å². The highest BCUT2D eigenvalue weighted by molar-refractivity contribution is 6.30. The van der Waals surface area contributed by atoms with Crippen LogP contribution in [0.3, 0.4) is 0 Å². The Balaban J connectivity index is 2.41. The number of ketones is 1. The van der Waals surface area contributed by atoms with E-state index in [-0.39, 0.29) is 17.0 Å². The standard InChI is InChI=1S/C14H10ClNO2/c1-10(14(18)11-5-3-2-4-6-11)16-9-12(15)7-8-13(16)17/h2-9H,1H2. The molecule has 2 aromatic rings. The van der Waals surface area contributed by atoms with Crippen molar-refractivity contribution in [2.24, 2.45) is 0 Å². The third-order valence-electron chi connectivity index (χ3n) is 2.46. The largest absolute Gasteiger partial charge is 0.287 e. The monoisotopic (exact) mass is 259 g/mol. The summed E-state index contributed by atoms with van der Waals surface area (Å²) >= 11 is 5.80. The molecule has 0 saturated carbocycles. The third-order valence-corrected chi connectivity index (χ3v) is 2.69. The molecule has 3 nitrogen and oxygen atoms in total. The predicted molar refractivity (Wildman–Crippen MR) is 71.8 cm³/mol. The molecule has 0 aliphatic heterocycles. The first-order valence-electron chi connectivity index (χ1n) is 5.27. The van der Waals surface area contributed by atoms with Crippen molar-refractivity contribution in [3.63, 3.8) is 0 Å². The molecular weight excluding hydrogens is 250 g/mol. The Morgan fingerprint density at radius 2 is 1.78 bits per heavy atom. The molecule has 0 N–H and O–H groups in total. The van der Waals surface area contributed by atoms with Crippen molar-refractivity contribution in [2.45, 2.75) is 0 Å². The molecule has 0 radical (unpaired) electrons. The van der Waals surface area contributed by atoms with Crippen LogP contribution in [0.15, 0.2) is 60.0 Å². The van der Waals surface area contributed by atoms with E-state index in [1.165, 1.54) is 18.3 Å². The second-order valence-electron chi connectivity index (χ2n) is 3.70. The zero-order valence-electron chi connectivity index (χ0n) is 9.47. The van der Waals surface area contributed by atoms with E-state index >= 15 is 0 Å². The molecule has 0 aliphatic rings. The van der Waals surface area contributed by atoms with E-state index in [1.807, 2.05) is 6.07 Å². The van der Waals surface area contributed by atoms with Gasteiger partial charge >= 0.3 is 0 Å². The number of nitrogens with zero attached hydrogens (tertiary/aromatic N) is 1. The summed E-state index contributed by atoms with van der Waals surface area (Å²) in [6, 6.07) is 11.4. The molecule has 1 heterocycles. The molecule has 4 heteroatoms. The van der Waals surface area contributed by atoms with Crippen LogP contribution in [0.1, 0.15) is 10.4 Å². The number of carbonyl (C=O) groups excluding carboxylic acids is 1. The number of carbonyl (C=O) groups is 1. The Bertz CT molecular complexity index is 659. The number of aromatic nitrogens is 1. The second kappa shape index (κ2) is 5.02. The highest BCUT2D eigenvalue weighted by Crippen LogP contribution is 2.12. The van der Waals surface area contributed by atoms with Crippen molar-refractivity contribution in [2.75, 3.05) is 0 Å². The highest BCUT2D eigenvalue weighted by atomic mass is 35.5. The van der Waals surface area contributed by atoms with Crippen molar-refractivity contribution < 1.29 is 4.79 Å². The molecule has 0 saturated heterocycles. The summed E-state index contributed by atoms with van der Waals surface area (Å²) in [6.07, 6.45) is 1.38. The molecule has 1 aromatic carbocycles. The first-order valence-corrected chi connectivity index (χ1v) is 5.64. The van der Waals surface area contributed by atoms with Crippen LogP contribution in [-0.4, -0.2) is 10.4 Å². The van der Waals surface area contributed by atoms with E-state index in [1.54, 1.807) is 24.3 Å². The Morgan fingerprint density at radius 1 is 1.11 bits per heavy atom. The smallest absolute Gasteiger partial charge is 0.255 e. The molecule has 0 atom stereocenters. The van der Waals surface area contributed by atoms with E-state index in [0.29, 0.717) is 10.6 Å². The summed E-state index contributed by atoms with van der Waals surface area (Å²) in [5, 5.41) is 0.372. The maximum Gasteiger partial charge on any atom is 0.255 e. The van der Waals surface area contributed by atoms with Crippen LogP contribution in [0.4, 0.5) is 0 Å². The Morgan fingerprint density at radius 3 is 2.44 bits per heavy atom. The number of benzene rings is 1. The third kappa shape index (κ3) is 2.41. The molecule has 0 aliphatic carbocycles. The average Bonchev–Trinajstić information content (AvgIpc) is 2.41. The van der Waals surface area contributed by atoms with Gasteiger partial charge in [-0.1, -0.05) is 48.5 Å². The number of hydrogen-bond donors (Lipinski definition) is 0. The minimum atomic E-state index is -0.339. The minimum Gasteiger partial charge on any atom is -0.287 e. The van der Waals surface area contributed by atoms with Crippen LogP contribution >= 0.6 is 11.6 Å². The van der Waals surface area contributed by atoms with Crippen LogP contribution in [0.5, 0.6) is 0 Å². The molecule has 0 unspecified atom stereocenters. The number of allylic oxidation sites excluding steroid dienone is 1. The average molecular weight is 260 g/mol. The minimum absolute atomic E-state index is 0.0775. The van der Waals surface area contributed by atoms with Gasteiger partial charge in [-0.2, -0.15) is 0 Å². The van der Waals surface area contributed by atoms with Gasteiger partial charge in [0.1, 0.15) is 0 Å². The fourth-order valence-electron chi connectivity index (χ4n) is 1.54. The first kappa shape index (κ1) is 12.3. The maximum absolute atomic E-state index is 12.1. The van der Waals surface area contributed by atoms with Crippen LogP contribution in [-0.2, 0) is 0 Å². The molecule has 2 rings (SSSR count). The summed E-state index contributed by atoms with van der Waals surface area (Å²) in [7, 11) is 0. The summed E-state index contributed by atoms with van der Waals surface area (Å²) in [6.45, 7) is 3.66. The van der Waals surface area contributed by atoms with Crippen LogP contribution in [0.25, 0.3) is 5.70 Å². The summed E-state index contributed by atoms with van der Waals surface area (Å²) in [5.74, 6) is -0.306. The molecule has 18 heavy (non-hydrogen) atoms. The van der Waals surface area contributed by atoms with E-state index in [4.69, 9.17) is 11.6 Å². The van der Waals surface area contributed by atoms with Gasteiger partial charge < -0.3 is 0 Å². The van der Waals surface area contributed by atoms with Gasteiger partial charge in [-0.15, -0.1) is 0 Å². The van der Waals surface area contributed by atoms with Crippen molar-refractivity contribution in [3.05, 3.63) is 76.2 Å². The molecule has 0 spiro atoms. The van der Waals surface area contributed by atoms with Crippen molar-refractivity contribution in [1.82, 2.24) is 4.57 Å². The number of rotatable bonds is 3. The molecule has 0 amide bonds. The maximum atomic E-state index is 12.1. The van der Waals surface area contributed by atoms with Crippen molar-refractivity contribution >= 4 is 23.1 Å². The number of Topliss-reactive ketones (excluding diaryl/α,β-unsaturated/α-hetero) is 1. The SMILES string of the molecule is C=C(C(=O)c1ccccc1)n1cc(Cl)ccc1=O. The normalized spacial score (nSPS) is 10.1. The van der Waals surface area contributed by atoms with Gasteiger partial charge in [0.15, 0.2) is 0 Å². The zero-order valence-corrected chi connectivity index (χ0v) is 10.2. The van der Waals surface area contributed by atoms with Crippen LogP contribution in [0.2, 0.25) is 5.02 Å². The molecular formula is C14H10ClNO2. The lowest BCUT2D eigenvalue weighted by Crippen LogP contribution is -2.21. The summed E-state index contributed by atoms with van der Waals surface area (Å²) < 4.78 is 1.15. The summed E-state index contributed by atoms with van der Waals surface area (Å²) in [5.41, 5.74) is 0.219. The van der Waals surface area contributed by atoms with Crippen molar-refractivity contribution in [1.29, 1.82) is 0 Å². The lowest BCUT2D eigenvalue weighted by atomic mass is 10.1. The van der Waals surface area contributed by atoms with Gasteiger partial charge in [0.2, 0.25) is 5.78 Å². The number of hydrogen-bond acceptors (Lipinski definition) is 2. The molecule has 0 fully saturated rings. The van der Waals surface area contributed by atoms with Gasteiger partial charge in [0.05, 0.1) is 10.7 Å². The Kier molecular flexibility index (Phi) is 3.44. The molecule has 90 valence electrons. The van der Waals surface area contributed by atoms with Crippen LogP contribution < -0.4 is 5.56 Å². The molecule has 1 aromatic heterocycles. The molecule has 0 bridgehead atoms. The lowest BCUT2D eigenvalue weighted by Gasteiger charge is -2.08. The van der Waals surface area contributed by atoms with E-state index in [2.05, 4.69) is 6.58 Å². The summed E-state index contributed by atoms with van der Waals surface area (Å²) in [4.78, 5) is 23.7. The quantitative estimate of drug-likeness (QED) is 0.628. The highest BCUT2D eigenvalue weighted by Gasteiger charge is 2.12. The lowest BCUT2D eigenvalue weighted by molar-refractivity contribution is 0.105. The number of pyridine rings is 1. The first-order chi connectivity index (χ1) is 8.59. The Labute approximate surface area is 109 Å². The topological polar surface area (TPSA) is 39.1 Å². The van der Waals surface area contributed by atoms with Gasteiger partial charge in [0.25, 0.3) is 5.56 Å². The van der Waals surface area contributed by atoms with Gasteiger partial charge in [0, 0.05) is 17.8 Å². The van der Waals surface area contributed by atoms with Gasteiger partial charge in [-0.05, 0) is 6.07 Å². The van der Waals surface area contributed by atoms with E-state index in [0.717, 1.165) is 4.57 Å².